The summed E-state index contributed by atoms with van der Waals surface area (Å²) in [5.74, 6) is -2.69. The number of alkyl halides is 2. The molecule has 1 fully saturated rings. The normalized spacial score (nSPS) is 21.5. The van der Waals surface area contributed by atoms with E-state index in [1.54, 1.807) is 18.2 Å². The molecule has 1 amide bonds. The molecule has 3 unspecified atom stereocenters. The molecule has 0 saturated heterocycles. The Kier molecular flexibility index (Phi) is 5.24. The molecule has 0 aromatic heterocycles. The Balaban J connectivity index is 2.01. The molecule has 1 aliphatic rings. The Morgan fingerprint density at radius 1 is 1.36 bits per heavy atom. The largest absolute Gasteiger partial charge is 0.480 e. The molecule has 0 aliphatic heterocycles. The summed E-state index contributed by atoms with van der Waals surface area (Å²) in [6.45, 7) is 0. The SMILES string of the molecule is O=C(O)C(CC(F)F)NC(=O)C1CC1c1cccc(Cl)c1Cl. The lowest BCUT2D eigenvalue weighted by Gasteiger charge is -2.14. The van der Waals surface area contributed by atoms with E-state index < -0.39 is 36.7 Å². The molecule has 1 saturated carbocycles. The summed E-state index contributed by atoms with van der Waals surface area (Å²) < 4.78 is 24.6. The number of benzene rings is 1. The second-order valence-electron chi connectivity index (χ2n) is 5.12. The van der Waals surface area contributed by atoms with Gasteiger partial charge in [0.15, 0.2) is 0 Å². The van der Waals surface area contributed by atoms with Crippen LogP contribution in [0.1, 0.15) is 24.3 Å². The molecular weight excluding hydrogens is 339 g/mol. The zero-order chi connectivity index (χ0) is 16.4. The van der Waals surface area contributed by atoms with Crippen LogP contribution in [0.2, 0.25) is 10.0 Å². The molecule has 1 aromatic rings. The van der Waals surface area contributed by atoms with Gasteiger partial charge in [0, 0.05) is 12.3 Å². The van der Waals surface area contributed by atoms with Gasteiger partial charge < -0.3 is 10.4 Å². The third-order valence-corrected chi connectivity index (χ3v) is 4.37. The molecule has 120 valence electrons. The van der Waals surface area contributed by atoms with Crippen LogP contribution in [0.15, 0.2) is 18.2 Å². The zero-order valence-electron chi connectivity index (χ0n) is 11.2. The molecule has 4 nitrogen and oxygen atoms in total. The molecule has 0 spiro atoms. The monoisotopic (exact) mass is 351 g/mol. The van der Waals surface area contributed by atoms with E-state index in [-0.39, 0.29) is 5.92 Å². The van der Waals surface area contributed by atoms with Crippen LogP contribution < -0.4 is 5.32 Å². The molecule has 1 aliphatic carbocycles. The van der Waals surface area contributed by atoms with Crippen molar-refractivity contribution in [2.24, 2.45) is 5.92 Å². The van der Waals surface area contributed by atoms with Crippen LogP contribution in [0.25, 0.3) is 0 Å². The summed E-state index contributed by atoms with van der Waals surface area (Å²) in [4.78, 5) is 22.9. The molecular formula is C14H13Cl2F2NO3. The maximum atomic E-state index is 12.3. The van der Waals surface area contributed by atoms with Gasteiger partial charge in [-0.1, -0.05) is 35.3 Å². The minimum Gasteiger partial charge on any atom is -0.480 e. The predicted molar refractivity (Wildman–Crippen MR) is 77.5 cm³/mol. The van der Waals surface area contributed by atoms with Gasteiger partial charge in [-0.25, -0.2) is 13.6 Å². The highest BCUT2D eigenvalue weighted by Crippen LogP contribution is 2.50. The fraction of sp³-hybridized carbons (Fsp3) is 0.429. The van der Waals surface area contributed by atoms with E-state index >= 15 is 0 Å². The smallest absolute Gasteiger partial charge is 0.326 e. The number of halogens is 4. The lowest BCUT2D eigenvalue weighted by atomic mass is 10.1. The van der Waals surface area contributed by atoms with Gasteiger partial charge in [-0.3, -0.25) is 4.79 Å². The van der Waals surface area contributed by atoms with Gasteiger partial charge in [0.2, 0.25) is 12.3 Å². The van der Waals surface area contributed by atoms with Gasteiger partial charge in [-0.2, -0.15) is 0 Å². The van der Waals surface area contributed by atoms with Gasteiger partial charge in [0.05, 0.1) is 10.0 Å². The average molecular weight is 352 g/mol. The summed E-state index contributed by atoms with van der Waals surface area (Å²) >= 11 is 12.0. The number of carboxylic acids is 1. The number of hydrogen-bond acceptors (Lipinski definition) is 2. The first-order valence-corrected chi connectivity index (χ1v) is 7.32. The van der Waals surface area contributed by atoms with Gasteiger partial charge >= 0.3 is 5.97 Å². The summed E-state index contributed by atoms with van der Waals surface area (Å²) in [6, 6.07) is 3.46. The molecule has 0 bridgehead atoms. The molecule has 22 heavy (non-hydrogen) atoms. The highest BCUT2D eigenvalue weighted by Gasteiger charge is 2.46. The third kappa shape index (κ3) is 3.87. The van der Waals surface area contributed by atoms with E-state index in [4.69, 9.17) is 28.3 Å². The molecule has 1 aromatic carbocycles. The number of carbonyl (C=O) groups is 2. The first-order chi connectivity index (χ1) is 10.3. The van der Waals surface area contributed by atoms with Crippen molar-refractivity contribution in [2.45, 2.75) is 31.2 Å². The number of carboxylic acid groups (broad SMARTS) is 1. The van der Waals surface area contributed by atoms with Crippen molar-refractivity contribution in [2.75, 3.05) is 0 Å². The standard InChI is InChI=1S/C14H13Cl2F2NO3/c15-9-3-1-2-6(12(9)16)7-4-8(7)13(20)19-10(14(21)22)5-11(17)18/h1-3,7-8,10-11H,4-5H2,(H,19,20)(H,21,22). The molecule has 0 radical (unpaired) electrons. The van der Waals surface area contributed by atoms with Gasteiger partial charge in [-0.15, -0.1) is 0 Å². The molecule has 8 heteroatoms. The molecule has 2 rings (SSSR count). The van der Waals surface area contributed by atoms with E-state index in [0.29, 0.717) is 22.0 Å². The third-order valence-electron chi connectivity index (χ3n) is 3.54. The number of amides is 1. The van der Waals surface area contributed by atoms with Crippen LogP contribution in [0, 0.1) is 5.92 Å². The van der Waals surface area contributed by atoms with Crippen molar-refractivity contribution >= 4 is 35.1 Å². The van der Waals surface area contributed by atoms with Crippen molar-refractivity contribution in [3.8, 4) is 0 Å². The number of nitrogens with one attached hydrogen (secondary N) is 1. The Morgan fingerprint density at radius 2 is 2.05 bits per heavy atom. The summed E-state index contributed by atoms with van der Waals surface area (Å²) in [5, 5.41) is 11.7. The van der Waals surface area contributed by atoms with E-state index in [1.165, 1.54) is 0 Å². The fourth-order valence-electron chi connectivity index (χ4n) is 2.31. The minimum absolute atomic E-state index is 0.174. The van der Waals surface area contributed by atoms with Crippen LogP contribution in [0.3, 0.4) is 0 Å². The number of aliphatic carboxylic acids is 1. The Morgan fingerprint density at radius 3 is 2.64 bits per heavy atom. The van der Waals surface area contributed by atoms with Gasteiger partial charge in [-0.05, 0) is 24.0 Å². The first-order valence-electron chi connectivity index (χ1n) is 6.56. The van der Waals surface area contributed by atoms with Crippen LogP contribution in [0.4, 0.5) is 8.78 Å². The summed E-state index contributed by atoms with van der Waals surface area (Å²) in [6.07, 6.45) is -3.25. The maximum absolute atomic E-state index is 12.3. The van der Waals surface area contributed by atoms with Crippen molar-refractivity contribution in [1.29, 1.82) is 0 Å². The van der Waals surface area contributed by atoms with E-state index in [1.807, 2.05) is 0 Å². The molecule has 3 atom stereocenters. The van der Waals surface area contributed by atoms with Crippen molar-refractivity contribution in [3.05, 3.63) is 33.8 Å². The minimum atomic E-state index is -2.81. The maximum Gasteiger partial charge on any atom is 0.326 e. The molecule has 0 heterocycles. The first kappa shape index (κ1) is 17.0. The summed E-state index contributed by atoms with van der Waals surface area (Å²) in [7, 11) is 0. The number of rotatable bonds is 6. The Hall–Kier alpha value is -1.40. The fourth-order valence-corrected chi connectivity index (χ4v) is 2.76. The topological polar surface area (TPSA) is 66.4 Å². The van der Waals surface area contributed by atoms with Crippen LogP contribution >= 0.6 is 23.2 Å². The number of carbonyl (C=O) groups excluding carboxylic acids is 1. The van der Waals surface area contributed by atoms with E-state index in [9.17, 15) is 18.4 Å². The van der Waals surface area contributed by atoms with Crippen LogP contribution in [-0.4, -0.2) is 29.5 Å². The zero-order valence-corrected chi connectivity index (χ0v) is 12.7. The lowest BCUT2D eigenvalue weighted by Crippen LogP contribution is -2.42. The summed E-state index contributed by atoms with van der Waals surface area (Å²) in [5.41, 5.74) is 0.704. The highest BCUT2D eigenvalue weighted by atomic mass is 35.5. The van der Waals surface area contributed by atoms with Crippen molar-refractivity contribution in [1.82, 2.24) is 5.32 Å². The Labute approximate surface area is 135 Å². The van der Waals surface area contributed by atoms with E-state index in [0.717, 1.165) is 0 Å². The highest BCUT2D eigenvalue weighted by molar-refractivity contribution is 6.42. The molecule has 2 N–H and O–H groups in total. The number of hydrogen-bond donors (Lipinski definition) is 2. The van der Waals surface area contributed by atoms with Crippen LogP contribution in [0.5, 0.6) is 0 Å². The predicted octanol–water partition coefficient (Wildman–Crippen LogP) is 3.32. The van der Waals surface area contributed by atoms with Gasteiger partial charge in [0.25, 0.3) is 0 Å². The van der Waals surface area contributed by atoms with Gasteiger partial charge in [0.1, 0.15) is 6.04 Å². The second-order valence-corrected chi connectivity index (χ2v) is 5.90. The Bertz CT molecular complexity index is 597. The second kappa shape index (κ2) is 6.79. The van der Waals surface area contributed by atoms with E-state index in [2.05, 4.69) is 5.32 Å². The lowest BCUT2D eigenvalue weighted by molar-refractivity contribution is -0.143. The van der Waals surface area contributed by atoms with Crippen LogP contribution in [-0.2, 0) is 9.59 Å². The van der Waals surface area contributed by atoms with Crippen molar-refractivity contribution in [3.63, 3.8) is 0 Å². The quantitative estimate of drug-likeness (QED) is 0.826. The average Bonchev–Trinajstić information content (AvgIpc) is 3.20. The van der Waals surface area contributed by atoms with Crippen molar-refractivity contribution < 1.29 is 23.5 Å².